The fourth-order valence-electron chi connectivity index (χ4n) is 2.56. The molecule has 0 aliphatic rings. The summed E-state index contributed by atoms with van der Waals surface area (Å²) in [6, 6.07) is 6.77. The summed E-state index contributed by atoms with van der Waals surface area (Å²) in [5, 5.41) is 1.73. The molecule has 0 saturated heterocycles. The molecule has 0 bridgehead atoms. The number of fused-ring (bicyclic) bond motifs is 1. The molecule has 28 heavy (non-hydrogen) atoms. The summed E-state index contributed by atoms with van der Waals surface area (Å²) < 4.78 is 10.5. The fraction of sp³-hybridized carbons (Fsp3) is 0.300. The molecular weight excluding hydrogens is 396 g/mol. The standard InChI is InChI=1S/C20H20N2O4S2/c1-4-25-15-7-5-14(6-8-15)16(23)9-26-17(24)10-27-19-18-12(2)13(3)28-20(18)22-11-21-19/h5-8,11H,4,9-10H2,1-3H3. The highest BCUT2D eigenvalue weighted by molar-refractivity contribution is 8.00. The van der Waals surface area contributed by atoms with Gasteiger partial charge in [0.25, 0.3) is 0 Å². The highest BCUT2D eigenvalue weighted by Gasteiger charge is 2.15. The number of thioether (sulfide) groups is 1. The molecule has 0 unspecified atom stereocenters. The number of rotatable bonds is 8. The van der Waals surface area contributed by atoms with Gasteiger partial charge in [0.05, 0.1) is 12.4 Å². The van der Waals surface area contributed by atoms with Gasteiger partial charge in [0.15, 0.2) is 12.4 Å². The minimum absolute atomic E-state index is 0.0804. The summed E-state index contributed by atoms with van der Waals surface area (Å²) in [4.78, 5) is 34.9. The van der Waals surface area contributed by atoms with Gasteiger partial charge in [-0.15, -0.1) is 11.3 Å². The molecule has 0 spiro atoms. The molecule has 1 aromatic carbocycles. The van der Waals surface area contributed by atoms with Crippen molar-refractivity contribution in [2.75, 3.05) is 19.0 Å². The summed E-state index contributed by atoms with van der Waals surface area (Å²) >= 11 is 2.90. The monoisotopic (exact) mass is 416 g/mol. The molecule has 3 aromatic rings. The quantitative estimate of drug-likeness (QED) is 0.235. The maximum Gasteiger partial charge on any atom is 0.316 e. The second-order valence-electron chi connectivity index (χ2n) is 5.97. The Hall–Kier alpha value is -2.45. The highest BCUT2D eigenvalue weighted by Crippen LogP contribution is 2.34. The lowest BCUT2D eigenvalue weighted by molar-refractivity contribution is -0.139. The first kappa shape index (κ1) is 20.3. The predicted octanol–water partition coefficient (Wildman–Crippen LogP) is 4.23. The van der Waals surface area contributed by atoms with E-state index < -0.39 is 5.97 Å². The molecule has 0 saturated carbocycles. The van der Waals surface area contributed by atoms with Crippen molar-refractivity contribution in [2.45, 2.75) is 25.8 Å². The van der Waals surface area contributed by atoms with Crippen molar-refractivity contribution in [1.82, 2.24) is 9.97 Å². The zero-order chi connectivity index (χ0) is 20.1. The van der Waals surface area contributed by atoms with E-state index in [4.69, 9.17) is 9.47 Å². The lowest BCUT2D eigenvalue weighted by atomic mass is 10.1. The Morgan fingerprint density at radius 2 is 1.89 bits per heavy atom. The van der Waals surface area contributed by atoms with E-state index in [1.165, 1.54) is 23.0 Å². The van der Waals surface area contributed by atoms with Crippen LogP contribution in [0.3, 0.4) is 0 Å². The van der Waals surface area contributed by atoms with Crippen LogP contribution in [0.15, 0.2) is 35.6 Å². The first-order valence-electron chi connectivity index (χ1n) is 8.74. The van der Waals surface area contributed by atoms with Gasteiger partial charge >= 0.3 is 5.97 Å². The average molecular weight is 417 g/mol. The number of hydrogen-bond acceptors (Lipinski definition) is 8. The molecule has 0 fully saturated rings. The van der Waals surface area contributed by atoms with Crippen molar-refractivity contribution >= 4 is 45.1 Å². The van der Waals surface area contributed by atoms with Gasteiger partial charge in [0, 0.05) is 15.8 Å². The van der Waals surface area contributed by atoms with Crippen molar-refractivity contribution in [3.05, 3.63) is 46.6 Å². The van der Waals surface area contributed by atoms with E-state index >= 15 is 0 Å². The van der Waals surface area contributed by atoms with Crippen molar-refractivity contribution < 1.29 is 19.1 Å². The van der Waals surface area contributed by atoms with E-state index in [-0.39, 0.29) is 18.1 Å². The predicted molar refractivity (Wildman–Crippen MR) is 111 cm³/mol. The second-order valence-corrected chi connectivity index (χ2v) is 8.14. The van der Waals surface area contributed by atoms with E-state index in [2.05, 4.69) is 9.97 Å². The number of thiophene rings is 1. The molecule has 8 heteroatoms. The smallest absolute Gasteiger partial charge is 0.316 e. The van der Waals surface area contributed by atoms with Crippen LogP contribution in [0, 0.1) is 13.8 Å². The molecule has 3 rings (SSSR count). The number of aryl methyl sites for hydroxylation is 2. The van der Waals surface area contributed by atoms with Crippen LogP contribution in [0.5, 0.6) is 5.75 Å². The van der Waals surface area contributed by atoms with E-state index in [9.17, 15) is 9.59 Å². The number of ketones is 1. The van der Waals surface area contributed by atoms with E-state index in [1.807, 2.05) is 20.8 Å². The first-order valence-corrected chi connectivity index (χ1v) is 10.5. The van der Waals surface area contributed by atoms with Crippen LogP contribution in [-0.2, 0) is 9.53 Å². The van der Waals surface area contributed by atoms with Crippen LogP contribution >= 0.6 is 23.1 Å². The molecule has 146 valence electrons. The number of carbonyl (C=O) groups excluding carboxylic acids is 2. The Balaban J connectivity index is 1.54. The Morgan fingerprint density at radius 3 is 2.61 bits per heavy atom. The molecular formula is C20H20N2O4S2. The molecule has 0 radical (unpaired) electrons. The Labute approximate surface area is 171 Å². The van der Waals surface area contributed by atoms with Crippen molar-refractivity contribution in [3.63, 3.8) is 0 Å². The second kappa shape index (κ2) is 9.16. The van der Waals surface area contributed by atoms with Crippen LogP contribution in [0.4, 0.5) is 0 Å². The summed E-state index contributed by atoms with van der Waals surface area (Å²) in [6.45, 7) is 6.23. The average Bonchev–Trinajstić information content (AvgIpc) is 2.99. The summed E-state index contributed by atoms with van der Waals surface area (Å²) in [5.41, 5.74) is 1.60. The summed E-state index contributed by atoms with van der Waals surface area (Å²) in [6.07, 6.45) is 1.50. The minimum atomic E-state index is -0.458. The first-order chi connectivity index (χ1) is 13.5. The zero-order valence-corrected chi connectivity index (χ0v) is 17.5. The van der Waals surface area contributed by atoms with Crippen LogP contribution in [0.2, 0.25) is 0 Å². The number of hydrogen-bond donors (Lipinski definition) is 0. The maximum absolute atomic E-state index is 12.2. The molecule has 0 aliphatic heterocycles. The van der Waals surface area contributed by atoms with Gasteiger partial charge < -0.3 is 9.47 Å². The number of aromatic nitrogens is 2. The zero-order valence-electron chi connectivity index (χ0n) is 15.9. The number of nitrogens with zero attached hydrogens (tertiary/aromatic N) is 2. The molecule has 2 heterocycles. The Kier molecular flexibility index (Phi) is 6.64. The third kappa shape index (κ3) is 4.69. The van der Waals surface area contributed by atoms with Gasteiger partial charge in [0.2, 0.25) is 0 Å². The minimum Gasteiger partial charge on any atom is -0.494 e. The topological polar surface area (TPSA) is 78.4 Å². The number of ether oxygens (including phenoxy) is 2. The molecule has 0 amide bonds. The van der Waals surface area contributed by atoms with Gasteiger partial charge in [0.1, 0.15) is 21.9 Å². The van der Waals surface area contributed by atoms with Crippen LogP contribution in [0.1, 0.15) is 27.7 Å². The van der Waals surface area contributed by atoms with E-state index in [0.29, 0.717) is 17.9 Å². The molecule has 0 atom stereocenters. The number of Topliss-reactive ketones (excluding diaryl/α,β-unsaturated/α-hetero) is 1. The normalized spacial score (nSPS) is 10.8. The van der Waals surface area contributed by atoms with Crippen molar-refractivity contribution in [3.8, 4) is 5.75 Å². The third-order valence-corrected chi connectivity index (χ3v) is 6.19. The van der Waals surface area contributed by atoms with Crippen LogP contribution < -0.4 is 4.74 Å². The number of carbonyl (C=O) groups is 2. The van der Waals surface area contributed by atoms with Gasteiger partial charge in [-0.2, -0.15) is 0 Å². The van der Waals surface area contributed by atoms with Gasteiger partial charge in [-0.05, 0) is 50.6 Å². The number of benzene rings is 1. The van der Waals surface area contributed by atoms with Crippen LogP contribution in [0.25, 0.3) is 10.2 Å². The van der Waals surface area contributed by atoms with Crippen molar-refractivity contribution in [2.24, 2.45) is 0 Å². The number of esters is 1. The molecule has 0 aliphatic carbocycles. The molecule has 6 nitrogen and oxygen atoms in total. The van der Waals surface area contributed by atoms with E-state index in [0.717, 1.165) is 20.8 Å². The maximum atomic E-state index is 12.2. The molecule has 2 aromatic heterocycles. The Morgan fingerprint density at radius 1 is 1.14 bits per heavy atom. The summed E-state index contributed by atoms with van der Waals surface area (Å²) in [5.74, 6) is 0.0649. The lowest BCUT2D eigenvalue weighted by Gasteiger charge is -2.06. The van der Waals surface area contributed by atoms with Gasteiger partial charge in [-0.3, -0.25) is 9.59 Å². The van der Waals surface area contributed by atoms with Crippen LogP contribution in [-0.4, -0.2) is 40.7 Å². The SMILES string of the molecule is CCOc1ccc(C(=O)COC(=O)CSc2ncnc3sc(C)c(C)c23)cc1. The largest absolute Gasteiger partial charge is 0.494 e. The van der Waals surface area contributed by atoms with Crippen molar-refractivity contribution in [1.29, 1.82) is 0 Å². The van der Waals surface area contributed by atoms with Gasteiger partial charge in [-0.25, -0.2) is 9.97 Å². The lowest BCUT2D eigenvalue weighted by Crippen LogP contribution is -2.15. The van der Waals surface area contributed by atoms with Gasteiger partial charge in [-0.1, -0.05) is 11.8 Å². The molecule has 0 N–H and O–H groups in total. The third-order valence-electron chi connectivity index (χ3n) is 4.11. The Bertz CT molecular complexity index is 999. The summed E-state index contributed by atoms with van der Waals surface area (Å²) in [7, 11) is 0. The van der Waals surface area contributed by atoms with E-state index in [1.54, 1.807) is 35.6 Å². The fourth-order valence-corrected chi connectivity index (χ4v) is 4.48. The highest BCUT2D eigenvalue weighted by atomic mass is 32.2.